The number of allylic oxidation sites excluding steroid dienone is 1. The molecule has 2 rings (SSSR count). The molecule has 24 heavy (non-hydrogen) atoms. The Morgan fingerprint density at radius 1 is 1.17 bits per heavy atom. The van der Waals surface area contributed by atoms with E-state index >= 15 is 0 Å². The highest BCUT2D eigenvalue weighted by Gasteiger charge is 2.15. The van der Waals surface area contributed by atoms with Crippen LogP contribution in [0.2, 0.25) is 0 Å². The molecule has 130 valence electrons. The maximum atomic E-state index is 5.93. The summed E-state index contributed by atoms with van der Waals surface area (Å²) < 4.78 is 5.47. The van der Waals surface area contributed by atoms with Gasteiger partial charge >= 0.3 is 0 Å². The highest BCUT2D eigenvalue weighted by molar-refractivity contribution is 5.72. The molecule has 2 N–H and O–H groups in total. The number of nitrogens with two attached hydrogens (primary N) is 1. The molecule has 0 unspecified atom stereocenters. The number of nitrogens with zero attached hydrogens (tertiary/aromatic N) is 3. The van der Waals surface area contributed by atoms with Gasteiger partial charge < -0.3 is 10.5 Å². The quantitative estimate of drug-likeness (QED) is 0.877. The molecule has 0 atom stereocenters. The first-order valence-corrected chi connectivity index (χ1v) is 8.41. The van der Waals surface area contributed by atoms with Crippen molar-refractivity contribution in [2.24, 2.45) is 0 Å². The molecule has 0 aliphatic carbocycles. The Labute approximate surface area is 145 Å². The van der Waals surface area contributed by atoms with Crippen molar-refractivity contribution in [3.05, 3.63) is 35.8 Å². The summed E-state index contributed by atoms with van der Waals surface area (Å²) in [5.74, 6) is 1.04. The molecular formula is C19H28N4O. The minimum absolute atomic E-state index is 0.408. The highest BCUT2D eigenvalue weighted by atomic mass is 16.5. The number of ether oxygens (including phenoxy) is 1. The van der Waals surface area contributed by atoms with Crippen molar-refractivity contribution < 1.29 is 4.74 Å². The molecule has 0 fully saturated rings. The van der Waals surface area contributed by atoms with Gasteiger partial charge in [0.2, 0.25) is 5.88 Å². The lowest BCUT2D eigenvalue weighted by molar-refractivity contribution is 0.326. The number of aryl methyl sites for hydroxylation is 2. The van der Waals surface area contributed by atoms with Crippen LogP contribution in [-0.2, 0) is 6.42 Å². The number of hydrogen-bond donors (Lipinski definition) is 1. The smallest absolute Gasteiger partial charge is 0.213 e. The summed E-state index contributed by atoms with van der Waals surface area (Å²) in [6.45, 7) is 16.3. The van der Waals surface area contributed by atoms with E-state index in [-0.39, 0.29) is 0 Å². The normalized spacial score (nSPS) is 9.92. The fraction of sp³-hybridized carbons (Fsp3) is 0.421. The van der Waals surface area contributed by atoms with Gasteiger partial charge in [0.25, 0.3) is 0 Å². The van der Waals surface area contributed by atoms with Gasteiger partial charge in [-0.3, -0.25) is 0 Å². The summed E-state index contributed by atoms with van der Waals surface area (Å²) >= 11 is 0. The monoisotopic (exact) mass is 328 g/mol. The van der Waals surface area contributed by atoms with Gasteiger partial charge in [-0.1, -0.05) is 27.4 Å². The number of aromatic nitrogens is 3. The number of anilines is 1. The number of nitrogen functional groups attached to an aromatic ring is 1. The maximum Gasteiger partial charge on any atom is 0.213 e. The fourth-order valence-electron chi connectivity index (χ4n) is 2.30. The molecule has 5 heteroatoms. The summed E-state index contributed by atoms with van der Waals surface area (Å²) in [6.07, 6.45) is 0.782. The van der Waals surface area contributed by atoms with E-state index in [9.17, 15) is 0 Å². The second-order valence-electron chi connectivity index (χ2n) is 5.10. The third-order valence-electron chi connectivity index (χ3n) is 3.33. The highest BCUT2D eigenvalue weighted by Crippen LogP contribution is 2.28. The molecule has 0 bridgehead atoms. The molecule has 0 radical (unpaired) electrons. The third-order valence-corrected chi connectivity index (χ3v) is 3.33. The minimum atomic E-state index is 0.408. The van der Waals surface area contributed by atoms with Gasteiger partial charge in [-0.05, 0) is 38.8 Å². The molecule has 5 nitrogen and oxygen atoms in total. The first-order chi connectivity index (χ1) is 11.5. The van der Waals surface area contributed by atoms with Gasteiger partial charge in [0.05, 0.1) is 23.7 Å². The maximum absolute atomic E-state index is 5.93. The van der Waals surface area contributed by atoms with Crippen LogP contribution in [0, 0.1) is 6.92 Å². The van der Waals surface area contributed by atoms with Crippen molar-refractivity contribution >= 4 is 11.4 Å². The lowest BCUT2D eigenvalue weighted by Gasteiger charge is -2.13. The number of rotatable bonds is 5. The van der Waals surface area contributed by atoms with Gasteiger partial charge in [0, 0.05) is 11.6 Å². The van der Waals surface area contributed by atoms with Crippen molar-refractivity contribution in [2.45, 2.75) is 48.0 Å². The van der Waals surface area contributed by atoms with Crippen LogP contribution in [0.1, 0.15) is 51.7 Å². The molecule has 0 spiro atoms. The summed E-state index contributed by atoms with van der Waals surface area (Å²) in [6, 6.07) is 3.84. The van der Waals surface area contributed by atoms with Crippen LogP contribution in [0.4, 0.5) is 5.82 Å². The van der Waals surface area contributed by atoms with E-state index in [4.69, 9.17) is 10.5 Å². The van der Waals surface area contributed by atoms with Crippen LogP contribution in [0.3, 0.4) is 0 Å². The van der Waals surface area contributed by atoms with Crippen molar-refractivity contribution in [2.75, 3.05) is 12.3 Å². The second-order valence-corrected chi connectivity index (χ2v) is 5.10. The first-order valence-electron chi connectivity index (χ1n) is 8.41. The average Bonchev–Trinajstić information content (AvgIpc) is 2.57. The van der Waals surface area contributed by atoms with E-state index in [0.29, 0.717) is 24.0 Å². The molecule has 0 aliphatic heterocycles. The zero-order valence-electron chi connectivity index (χ0n) is 15.6. The van der Waals surface area contributed by atoms with Gasteiger partial charge in [-0.15, -0.1) is 0 Å². The zero-order valence-corrected chi connectivity index (χ0v) is 15.6. The van der Waals surface area contributed by atoms with Crippen molar-refractivity contribution in [1.82, 2.24) is 15.0 Å². The molecule has 2 aromatic heterocycles. The Bertz CT molecular complexity index is 711. The number of hydrogen-bond acceptors (Lipinski definition) is 5. The van der Waals surface area contributed by atoms with Crippen LogP contribution >= 0.6 is 0 Å². The number of pyridine rings is 1. The third kappa shape index (κ3) is 4.31. The van der Waals surface area contributed by atoms with Crippen LogP contribution in [0.15, 0.2) is 18.7 Å². The van der Waals surface area contributed by atoms with Crippen LogP contribution < -0.4 is 10.5 Å². The standard InChI is InChI=1S/C17H22N4O.C2H6/c1-6-13-12(8-9-14(20-13)22-7-2)16-11(5)19-17(18)15(21-16)10(3)4;1-2/h8-9H,3,6-7H2,1-2,4-5H3,(H2,18,19);1-2H3. The molecule has 0 aromatic carbocycles. The average molecular weight is 328 g/mol. The minimum Gasteiger partial charge on any atom is -0.478 e. The lowest BCUT2D eigenvalue weighted by Crippen LogP contribution is -2.06. The van der Waals surface area contributed by atoms with E-state index in [1.54, 1.807) is 0 Å². The van der Waals surface area contributed by atoms with E-state index in [0.717, 1.165) is 34.6 Å². The van der Waals surface area contributed by atoms with Crippen LogP contribution in [0.25, 0.3) is 16.8 Å². The van der Waals surface area contributed by atoms with Crippen molar-refractivity contribution in [1.29, 1.82) is 0 Å². The summed E-state index contributed by atoms with van der Waals surface area (Å²) in [4.78, 5) is 13.6. The second kappa shape index (κ2) is 9.01. The van der Waals surface area contributed by atoms with E-state index in [1.807, 2.05) is 46.8 Å². The van der Waals surface area contributed by atoms with Crippen LogP contribution in [-0.4, -0.2) is 21.6 Å². The molecular weight excluding hydrogens is 300 g/mol. The van der Waals surface area contributed by atoms with E-state index in [2.05, 4.69) is 28.5 Å². The largest absolute Gasteiger partial charge is 0.478 e. The Kier molecular flexibility index (Phi) is 7.36. The summed E-state index contributed by atoms with van der Waals surface area (Å²) in [5, 5.41) is 0. The van der Waals surface area contributed by atoms with Crippen molar-refractivity contribution in [3.63, 3.8) is 0 Å². The lowest BCUT2D eigenvalue weighted by atomic mass is 10.1. The van der Waals surface area contributed by atoms with Crippen LogP contribution in [0.5, 0.6) is 5.88 Å². The molecule has 0 saturated carbocycles. The van der Waals surface area contributed by atoms with Gasteiger partial charge in [-0.2, -0.15) is 0 Å². The van der Waals surface area contributed by atoms with Crippen molar-refractivity contribution in [3.8, 4) is 17.1 Å². The summed E-state index contributed by atoms with van der Waals surface area (Å²) in [7, 11) is 0. The Morgan fingerprint density at radius 3 is 2.38 bits per heavy atom. The zero-order chi connectivity index (χ0) is 18.3. The predicted molar refractivity (Wildman–Crippen MR) is 101 cm³/mol. The fourth-order valence-corrected chi connectivity index (χ4v) is 2.30. The molecule has 0 amide bonds. The van der Waals surface area contributed by atoms with Gasteiger partial charge in [-0.25, -0.2) is 15.0 Å². The van der Waals surface area contributed by atoms with E-state index < -0.39 is 0 Å². The SMILES string of the molecule is C=C(C)c1nc(-c2ccc(OCC)nc2CC)c(C)nc1N.CC. The predicted octanol–water partition coefficient (Wildman–Crippen LogP) is 4.45. The Morgan fingerprint density at radius 2 is 1.83 bits per heavy atom. The molecule has 2 heterocycles. The first kappa shape index (κ1) is 19.6. The summed E-state index contributed by atoms with van der Waals surface area (Å²) in [5.41, 5.74) is 10.8. The molecule has 2 aromatic rings. The molecule has 0 aliphatic rings. The van der Waals surface area contributed by atoms with E-state index in [1.165, 1.54) is 0 Å². The topological polar surface area (TPSA) is 73.9 Å². The Balaban J connectivity index is 0.00000139. The van der Waals surface area contributed by atoms with Gasteiger partial charge in [0.1, 0.15) is 11.5 Å². The molecule has 0 saturated heterocycles. The van der Waals surface area contributed by atoms with Gasteiger partial charge in [0.15, 0.2) is 0 Å². The Hall–Kier alpha value is -2.43.